The van der Waals surface area contributed by atoms with Crippen LogP contribution in [0.3, 0.4) is 0 Å². The zero-order valence-corrected chi connectivity index (χ0v) is 13.0. The Morgan fingerprint density at radius 1 is 1.27 bits per heavy atom. The van der Waals surface area contributed by atoms with Gasteiger partial charge in [0.2, 0.25) is 5.78 Å². The Balaban J connectivity index is 2.03. The summed E-state index contributed by atoms with van der Waals surface area (Å²) in [7, 11) is 0. The number of imidazole rings is 1. The first kappa shape index (κ1) is 13.5. The first-order valence-electron chi connectivity index (χ1n) is 8.05. The molecule has 1 fully saturated rings. The monoisotopic (exact) mass is 300 g/mol. The number of fused-ring (bicyclic) bond motifs is 3. The first-order chi connectivity index (χ1) is 10.7. The lowest BCUT2D eigenvalue weighted by atomic mass is 10.1. The Labute approximate surface area is 127 Å². The molecule has 4 rings (SSSR count). The number of aromatic amines is 1. The summed E-state index contributed by atoms with van der Waals surface area (Å²) in [5.74, 6) is 2.60. The van der Waals surface area contributed by atoms with Crippen molar-refractivity contribution in [3.63, 3.8) is 0 Å². The normalized spacial score (nSPS) is 16.3. The number of aromatic nitrogens is 6. The number of hydrogen-bond acceptors (Lipinski definition) is 4. The Bertz CT molecular complexity index is 896. The molecular formula is C15H20N6O. The van der Waals surface area contributed by atoms with Crippen molar-refractivity contribution in [2.45, 2.75) is 58.4 Å². The highest BCUT2D eigenvalue weighted by molar-refractivity contribution is 5.72. The van der Waals surface area contributed by atoms with Crippen molar-refractivity contribution in [3.8, 4) is 0 Å². The molecule has 0 amide bonds. The van der Waals surface area contributed by atoms with E-state index < -0.39 is 0 Å². The van der Waals surface area contributed by atoms with Crippen molar-refractivity contribution in [2.75, 3.05) is 0 Å². The molecule has 0 radical (unpaired) electrons. The molecule has 22 heavy (non-hydrogen) atoms. The molecule has 1 N–H and O–H groups in total. The topological polar surface area (TPSA) is 80.9 Å². The average Bonchev–Trinajstić information content (AvgIpc) is 3.20. The second kappa shape index (κ2) is 4.93. The van der Waals surface area contributed by atoms with E-state index in [1.807, 2.05) is 13.8 Å². The molecule has 7 nitrogen and oxygen atoms in total. The maximum absolute atomic E-state index is 12.8. The summed E-state index contributed by atoms with van der Waals surface area (Å²) in [6.45, 7) is 4.52. The molecule has 1 aliphatic carbocycles. The van der Waals surface area contributed by atoms with Crippen LogP contribution in [-0.4, -0.2) is 29.1 Å². The van der Waals surface area contributed by atoms with Gasteiger partial charge in [0.25, 0.3) is 5.56 Å². The molecule has 0 saturated heterocycles. The summed E-state index contributed by atoms with van der Waals surface area (Å²) in [6.07, 6.45) is 5.63. The molecular weight excluding hydrogens is 280 g/mol. The van der Waals surface area contributed by atoms with Crippen LogP contribution in [0.4, 0.5) is 0 Å². The molecule has 0 bridgehead atoms. The molecule has 3 aromatic rings. The van der Waals surface area contributed by atoms with Gasteiger partial charge in [0.05, 0.1) is 0 Å². The zero-order chi connectivity index (χ0) is 15.3. The Kier molecular flexibility index (Phi) is 3.02. The van der Waals surface area contributed by atoms with Gasteiger partial charge in [-0.1, -0.05) is 19.8 Å². The van der Waals surface area contributed by atoms with Crippen molar-refractivity contribution in [3.05, 3.63) is 22.0 Å². The van der Waals surface area contributed by atoms with E-state index in [0.717, 1.165) is 25.1 Å². The van der Waals surface area contributed by atoms with Gasteiger partial charge < -0.3 is 4.98 Å². The van der Waals surface area contributed by atoms with E-state index >= 15 is 0 Å². The Morgan fingerprint density at radius 2 is 2.05 bits per heavy atom. The molecule has 0 unspecified atom stereocenters. The zero-order valence-electron chi connectivity index (χ0n) is 13.0. The minimum Gasteiger partial charge on any atom is -0.336 e. The number of rotatable bonds is 3. The fourth-order valence-electron chi connectivity index (χ4n) is 3.45. The fourth-order valence-corrected chi connectivity index (χ4v) is 3.45. The van der Waals surface area contributed by atoms with Gasteiger partial charge in [0.15, 0.2) is 11.2 Å². The van der Waals surface area contributed by atoms with Crippen molar-refractivity contribution in [1.82, 2.24) is 29.1 Å². The molecule has 116 valence electrons. The number of aryl methyl sites for hydroxylation is 2. The van der Waals surface area contributed by atoms with Crippen LogP contribution >= 0.6 is 0 Å². The van der Waals surface area contributed by atoms with Crippen molar-refractivity contribution in [2.24, 2.45) is 0 Å². The fraction of sp³-hybridized carbons (Fsp3) is 0.600. The lowest BCUT2D eigenvalue weighted by molar-refractivity contribution is 0.659. The van der Waals surface area contributed by atoms with E-state index in [9.17, 15) is 4.79 Å². The molecule has 3 heterocycles. The predicted molar refractivity (Wildman–Crippen MR) is 83.1 cm³/mol. The maximum Gasteiger partial charge on any atom is 0.281 e. The van der Waals surface area contributed by atoms with Crippen LogP contribution in [0.1, 0.15) is 56.6 Å². The van der Waals surface area contributed by atoms with Crippen LogP contribution in [0, 0.1) is 6.92 Å². The van der Waals surface area contributed by atoms with Gasteiger partial charge in [0, 0.05) is 12.5 Å². The minimum absolute atomic E-state index is 0.0477. The van der Waals surface area contributed by atoms with Gasteiger partial charge in [-0.2, -0.15) is 9.50 Å². The van der Waals surface area contributed by atoms with E-state index in [2.05, 4.69) is 20.1 Å². The molecule has 0 spiro atoms. The molecule has 3 aromatic heterocycles. The largest absolute Gasteiger partial charge is 0.336 e. The second-order valence-electron chi connectivity index (χ2n) is 6.13. The number of H-pyrrole nitrogens is 1. The molecule has 0 atom stereocenters. The molecule has 0 aliphatic heterocycles. The van der Waals surface area contributed by atoms with Crippen LogP contribution in [0.25, 0.3) is 16.9 Å². The van der Waals surface area contributed by atoms with Gasteiger partial charge in [-0.25, -0.2) is 4.98 Å². The van der Waals surface area contributed by atoms with Crippen LogP contribution < -0.4 is 5.56 Å². The van der Waals surface area contributed by atoms with Gasteiger partial charge in [-0.05, 0) is 26.2 Å². The SMILES string of the molecule is CCCn1c(=O)c2[nH]c(C3CCCC3)nc2n2nc(C)nc12. The van der Waals surface area contributed by atoms with E-state index in [-0.39, 0.29) is 5.56 Å². The quantitative estimate of drug-likeness (QED) is 0.803. The smallest absolute Gasteiger partial charge is 0.281 e. The predicted octanol–water partition coefficient (Wildman–Crippen LogP) is 2.14. The third-order valence-corrected chi connectivity index (χ3v) is 4.49. The van der Waals surface area contributed by atoms with Crippen molar-refractivity contribution < 1.29 is 0 Å². The highest BCUT2D eigenvalue weighted by Crippen LogP contribution is 2.32. The summed E-state index contributed by atoms with van der Waals surface area (Å²) < 4.78 is 3.40. The number of hydrogen-bond donors (Lipinski definition) is 1. The third-order valence-electron chi connectivity index (χ3n) is 4.49. The van der Waals surface area contributed by atoms with Crippen molar-refractivity contribution in [1.29, 1.82) is 0 Å². The summed E-state index contributed by atoms with van der Waals surface area (Å²) in [5.41, 5.74) is 1.11. The van der Waals surface area contributed by atoms with Gasteiger partial charge in [0.1, 0.15) is 11.6 Å². The lowest BCUT2D eigenvalue weighted by Crippen LogP contribution is -2.23. The van der Waals surface area contributed by atoms with Crippen LogP contribution in [-0.2, 0) is 6.54 Å². The standard InChI is InChI=1S/C15H20N6O/c1-3-8-20-14(22)11-13(21-15(20)16-9(2)19-21)18-12(17-11)10-6-4-5-7-10/h10H,3-8H2,1-2H3,(H,17,18). The van der Waals surface area contributed by atoms with Crippen LogP contribution in [0.2, 0.25) is 0 Å². The maximum atomic E-state index is 12.8. The van der Waals surface area contributed by atoms with Gasteiger partial charge >= 0.3 is 0 Å². The highest BCUT2D eigenvalue weighted by atomic mass is 16.1. The molecule has 1 saturated carbocycles. The lowest BCUT2D eigenvalue weighted by Gasteiger charge is -2.04. The van der Waals surface area contributed by atoms with Crippen LogP contribution in [0.15, 0.2) is 4.79 Å². The minimum atomic E-state index is -0.0477. The number of nitrogens with zero attached hydrogens (tertiary/aromatic N) is 5. The van der Waals surface area contributed by atoms with E-state index in [1.165, 1.54) is 12.8 Å². The summed E-state index contributed by atoms with van der Waals surface area (Å²) in [5, 5.41) is 4.43. The number of nitrogens with one attached hydrogen (secondary N) is 1. The summed E-state index contributed by atoms with van der Waals surface area (Å²) in [6, 6.07) is 0. The van der Waals surface area contributed by atoms with E-state index in [1.54, 1.807) is 9.08 Å². The molecule has 7 heteroatoms. The molecule has 0 aromatic carbocycles. The second-order valence-corrected chi connectivity index (χ2v) is 6.13. The van der Waals surface area contributed by atoms with Gasteiger partial charge in [-0.3, -0.25) is 9.36 Å². The van der Waals surface area contributed by atoms with Crippen LogP contribution in [0.5, 0.6) is 0 Å². The third kappa shape index (κ3) is 1.88. The molecule has 1 aliphatic rings. The summed E-state index contributed by atoms with van der Waals surface area (Å²) in [4.78, 5) is 25.2. The Morgan fingerprint density at radius 3 is 2.77 bits per heavy atom. The van der Waals surface area contributed by atoms with E-state index in [0.29, 0.717) is 35.2 Å². The highest BCUT2D eigenvalue weighted by Gasteiger charge is 2.23. The first-order valence-corrected chi connectivity index (χ1v) is 8.05. The van der Waals surface area contributed by atoms with Gasteiger partial charge in [-0.15, -0.1) is 5.10 Å². The van der Waals surface area contributed by atoms with E-state index in [4.69, 9.17) is 0 Å². The summed E-state index contributed by atoms with van der Waals surface area (Å²) >= 11 is 0. The Hall–Kier alpha value is -2.18. The average molecular weight is 300 g/mol. The van der Waals surface area contributed by atoms with Crippen molar-refractivity contribution >= 4 is 16.9 Å².